The molecule has 0 heterocycles. The Morgan fingerprint density at radius 3 is 2.29 bits per heavy atom. The lowest BCUT2D eigenvalue weighted by atomic mass is 10.2. The van der Waals surface area contributed by atoms with Crippen LogP contribution < -0.4 is 19.8 Å². The highest BCUT2D eigenvalue weighted by Crippen LogP contribution is 2.37. The van der Waals surface area contributed by atoms with Crippen molar-refractivity contribution in [3.8, 4) is 5.75 Å². The largest absolute Gasteiger partial charge is 0.484 e. The number of anilines is 1. The molecule has 0 aliphatic rings. The van der Waals surface area contributed by atoms with Crippen LogP contribution in [0.25, 0.3) is 0 Å². The maximum Gasteiger partial charge on any atom is 0.416 e. The summed E-state index contributed by atoms with van der Waals surface area (Å²) in [6.45, 7) is 2.57. The van der Waals surface area contributed by atoms with Crippen molar-refractivity contribution >= 4 is 45.3 Å². The monoisotopic (exact) mass is 610 g/mol. The predicted octanol–water partition coefficient (Wildman–Crippen LogP) is 4.61. The normalized spacial score (nSPS) is 11.9. The lowest BCUT2D eigenvalue weighted by Crippen LogP contribution is -2.40. The summed E-state index contributed by atoms with van der Waals surface area (Å²) in [5.74, 6) is -0.793. The fourth-order valence-corrected chi connectivity index (χ4v) is 5.13. The number of halogens is 4. The zero-order valence-electron chi connectivity index (χ0n) is 21.9. The first-order chi connectivity index (χ1) is 19.3. The minimum Gasteiger partial charge on any atom is -0.484 e. The number of sulfonamides is 1. The summed E-state index contributed by atoms with van der Waals surface area (Å²) in [5, 5.41) is 6.18. The number of ether oxygens (including phenoxy) is 1. The number of hydrogen-bond acceptors (Lipinski definition) is 6. The fourth-order valence-electron chi connectivity index (χ4n) is 3.41. The van der Waals surface area contributed by atoms with Crippen molar-refractivity contribution < 1.29 is 35.9 Å². The Morgan fingerprint density at radius 1 is 1.02 bits per heavy atom. The Balaban J connectivity index is 1.76. The summed E-state index contributed by atoms with van der Waals surface area (Å²) in [5.41, 5.74) is 1.03. The van der Waals surface area contributed by atoms with Gasteiger partial charge in [-0.25, -0.2) is 13.8 Å². The van der Waals surface area contributed by atoms with E-state index in [1.807, 2.05) is 13.8 Å². The standard InChI is InChI=1S/C27H26ClF3N4O5S/c1-18(2)33-26(37)17-40-21-11-8-19(9-12-21)15-32-34-25(36)16-35(41(38,39)22-6-4-3-5-7-22)24-14-20(27(29,30)31)10-13-23(24)28/h3-15,18H,16-17H2,1-2H3,(H,33,37)(H,34,36)/b32-15-. The first-order valence-corrected chi connectivity index (χ1v) is 13.9. The maximum absolute atomic E-state index is 13.4. The number of carbonyl (C=O) groups excluding carboxylic acids is 2. The average molecular weight is 611 g/mol. The van der Waals surface area contributed by atoms with E-state index in [2.05, 4.69) is 15.8 Å². The molecule has 3 aromatic carbocycles. The molecule has 0 aliphatic heterocycles. The van der Waals surface area contributed by atoms with Crippen LogP contribution in [-0.2, 0) is 25.8 Å². The number of hydrazone groups is 1. The smallest absolute Gasteiger partial charge is 0.416 e. The third kappa shape index (κ3) is 8.95. The fraction of sp³-hybridized carbons (Fsp3) is 0.222. The van der Waals surface area contributed by atoms with Crippen LogP contribution in [0.1, 0.15) is 25.0 Å². The van der Waals surface area contributed by atoms with Crippen LogP contribution in [0.2, 0.25) is 5.02 Å². The molecule has 0 atom stereocenters. The molecule has 41 heavy (non-hydrogen) atoms. The maximum atomic E-state index is 13.4. The van der Waals surface area contributed by atoms with E-state index in [-0.39, 0.29) is 28.5 Å². The molecule has 0 saturated carbocycles. The molecule has 0 unspecified atom stereocenters. The average Bonchev–Trinajstić information content (AvgIpc) is 2.91. The number of amides is 2. The number of rotatable bonds is 11. The van der Waals surface area contributed by atoms with E-state index in [4.69, 9.17) is 16.3 Å². The summed E-state index contributed by atoms with van der Waals surface area (Å²) in [4.78, 5) is 24.1. The Bertz CT molecular complexity index is 1500. The van der Waals surface area contributed by atoms with Gasteiger partial charge in [0.15, 0.2) is 6.61 Å². The number of nitrogens with one attached hydrogen (secondary N) is 2. The molecule has 3 aromatic rings. The summed E-state index contributed by atoms with van der Waals surface area (Å²) in [6.07, 6.45) is -3.52. The van der Waals surface area contributed by atoms with Crippen molar-refractivity contribution in [2.24, 2.45) is 5.10 Å². The van der Waals surface area contributed by atoms with Crippen LogP contribution in [-0.4, -0.2) is 45.6 Å². The summed E-state index contributed by atoms with van der Waals surface area (Å²) < 4.78 is 72.8. The number of nitrogens with zero attached hydrogens (tertiary/aromatic N) is 2. The first-order valence-electron chi connectivity index (χ1n) is 12.1. The molecule has 0 aromatic heterocycles. The summed E-state index contributed by atoms with van der Waals surface area (Å²) in [6, 6.07) is 15.4. The zero-order chi connectivity index (χ0) is 30.2. The molecule has 0 saturated heterocycles. The van der Waals surface area contributed by atoms with Gasteiger partial charge in [-0.3, -0.25) is 13.9 Å². The summed E-state index contributed by atoms with van der Waals surface area (Å²) >= 11 is 6.11. The minimum absolute atomic E-state index is 0.0209. The van der Waals surface area contributed by atoms with Crippen molar-refractivity contribution in [2.45, 2.75) is 31.0 Å². The van der Waals surface area contributed by atoms with Crippen molar-refractivity contribution in [1.82, 2.24) is 10.7 Å². The second-order valence-corrected chi connectivity index (χ2v) is 11.1. The Kier molecular flexibility index (Phi) is 10.4. The highest BCUT2D eigenvalue weighted by molar-refractivity contribution is 7.92. The highest BCUT2D eigenvalue weighted by atomic mass is 35.5. The molecular weight excluding hydrogens is 585 g/mol. The van der Waals surface area contributed by atoms with E-state index >= 15 is 0 Å². The van der Waals surface area contributed by atoms with Crippen LogP contribution in [0.15, 0.2) is 82.8 Å². The molecule has 0 aliphatic carbocycles. The van der Waals surface area contributed by atoms with Crippen molar-refractivity contribution in [3.05, 3.63) is 88.9 Å². The third-order valence-electron chi connectivity index (χ3n) is 5.26. The third-order valence-corrected chi connectivity index (χ3v) is 7.36. The SMILES string of the molecule is CC(C)NC(=O)COc1ccc(/C=N\NC(=O)CN(c2cc(C(F)(F)F)ccc2Cl)S(=O)(=O)c2ccccc2)cc1. The molecule has 0 fully saturated rings. The van der Waals surface area contributed by atoms with Gasteiger partial charge in [-0.1, -0.05) is 29.8 Å². The van der Waals surface area contributed by atoms with Gasteiger partial charge in [0, 0.05) is 6.04 Å². The van der Waals surface area contributed by atoms with Crippen molar-refractivity contribution in [2.75, 3.05) is 17.5 Å². The van der Waals surface area contributed by atoms with Crippen LogP contribution in [0.4, 0.5) is 18.9 Å². The molecular formula is C27H26ClF3N4O5S. The van der Waals surface area contributed by atoms with E-state index in [0.29, 0.717) is 27.8 Å². The molecule has 2 amide bonds. The highest BCUT2D eigenvalue weighted by Gasteiger charge is 2.34. The molecule has 0 radical (unpaired) electrons. The second-order valence-electron chi connectivity index (χ2n) is 8.86. The van der Waals surface area contributed by atoms with Gasteiger partial charge < -0.3 is 10.1 Å². The van der Waals surface area contributed by atoms with Crippen LogP contribution in [0, 0.1) is 0 Å². The lowest BCUT2D eigenvalue weighted by molar-refractivity contribution is -0.137. The van der Waals surface area contributed by atoms with E-state index in [0.717, 1.165) is 6.07 Å². The van der Waals surface area contributed by atoms with Gasteiger partial charge in [-0.05, 0) is 74.0 Å². The number of hydrogen-bond donors (Lipinski definition) is 2. The summed E-state index contributed by atoms with van der Waals surface area (Å²) in [7, 11) is -4.51. The van der Waals surface area contributed by atoms with Gasteiger partial charge in [0.1, 0.15) is 12.3 Å². The second kappa shape index (κ2) is 13.5. The van der Waals surface area contributed by atoms with Gasteiger partial charge in [0.25, 0.3) is 21.8 Å². The number of carbonyl (C=O) groups is 2. The Labute approximate surface area is 240 Å². The van der Waals surface area contributed by atoms with Gasteiger partial charge >= 0.3 is 6.18 Å². The van der Waals surface area contributed by atoms with E-state index < -0.39 is 39.9 Å². The van der Waals surface area contributed by atoms with Gasteiger partial charge in [0.05, 0.1) is 27.4 Å². The van der Waals surface area contributed by atoms with Crippen molar-refractivity contribution in [3.63, 3.8) is 0 Å². The van der Waals surface area contributed by atoms with E-state index in [1.54, 1.807) is 30.3 Å². The van der Waals surface area contributed by atoms with Gasteiger partial charge in [0.2, 0.25) is 0 Å². The molecule has 9 nitrogen and oxygen atoms in total. The molecule has 3 rings (SSSR count). The van der Waals surface area contributed by atoms with Crippen LogP contribution in [0.3, 0.4) is 0 Å². The Hall–Kier alpha value is -4.10. The van der Waals surface area contributed by atoms with E-state index in [9.17, 15) is 31.2 Å². The minimum atomic E-state index is -4.78. The Morgan fingerprint density at radius 2 is 1.68 bits per heavy atom. The van der Waals surface area contributed by atoms with Crippen LogP contribution >= 0.6 is 11.6 Å². The molecule has 0 spiro atoms. The molecule has 218 valence electrons. The van der Waals surface area contributed by atoms with Gasteiger partial charge in [-0.15, -0.1) is 0 Å². The predicted molar refractivity (Wildman–Crippen MR) is 148 cm³/mol. The van der Waals surface area contributed by atoms with Crippen LogP contribution in [0.5, 0.6) is 5.75 Å². The first kappa shape index (κ1) is 31.4. The van der Waals surface area contributed by atoms with Crippen molar-refractivity contribution in [1.29, 1.82) is 0 Å². The quantitative estimate of drug-likeness (QED) is 0.243. The molecule has 2 N–H and O–H groups in total. The number of alkyl halides is 3. The topological polar surface area (TPSA) is 117 Å². The van der Waals surface area contributed by atoms with E-state index in [1.165, 1.54) is 30.5 Å². The zero-order valence-corrected chi connectivity index (χ0v) is 23.4. The lowest BCUT2D eigenvalue weighted by Gasteiger charge is -2.25. The molecule has 14 heteroatoms. The molecule has 0 bridgehead atoms. The van der Waals surface area contributed by atoms with Gasteiger partial charge in [-0.2, -0.15) is 18.3 Å². The number of benzene rings is 3.